The molecule has 4 atom stereocenters. The van der Waals surface area contributed by atoms with E-state index in [9.17, 15) is 9.59 Å². The first-order chi connectivity index (χ1) is 24.4. The number of benzene rings is 4. The van der Waals surface area contributed by atoms with Crippen LogP contribution in [0, 0.1) is 5.41 Å². The van der Waals surface area contributed by atoms with Crippen LogP contribution in [0.2, 0.25) is 0 Å². The average molecular weight is 673 g/mol. The maximum Gasteiger partial charge on any atom is 0.247 e. The summed E-state index contributed by atoms with van der Waals surface area (Å²) in [5, 5.41) is 9.33. The second kappa shape index (κ2) is 16.3. The van der Waals surface area contributed by atoms with Crippen LogP contribution in [0.25, 0.3) is 0 Å². The highest BCUT2D eigenvalue weighted by Crippen LogP contribution is 2.49. The molecular formula is C42H48N4O4. The quantitative estimate of drug-likeness (QED) is 0.172. The van der Waals surface area contributed by atoms with Gasteiger partial charge in [-0.3, -0.25) is 14.4 Å². The van der Waals surface area contributed by atoms with Crippen molar-refractivity contribution in [1.29, 1.82) is 0 Å². The Morgan fingerprint density at radius 1 is 0.800 bits per heavy atom. The first-order valence-corrected chi connectivity index (χ1v) is 17.8. The van der Waals surface area contributed by atoms with Gasteiger partial charge in [-0.2, -0.15) is 0 Å². The molecule has 2 aliphatic rings. The van der Waals surface area contributed by atoms with Crippen LogP contribution >= 0.6 is 0 Å². The van der Waals surface area contributed by atoms with Crippen molar-refractivity contribution in [3.8, 4) is 0 Å². The Morgan fingerprint density at radius 2 is 1.30 bits per heavy atom. The van der Waals surface area contributed by atoms with Crippen molar-refractivity contribution in [2.45, 2.75) is 75.8 Å². The number of likely N-dealkylation sites (N-methyl/N-ethyl adjacent to an activating group) is 1. The summed E-state index contributed by atoms with van der Waals surface area (Å²) in [4.78, 5) is 44.6. The van der Waals surface area contributed by atoms with Crippen LogP contribution in [0.3, 0.4) is 0 Å². The zero-order valence-corrected chi connectivity index (χ0v) is 29.0. The third-order valence-electron chi connectivity index (χ3n) is 10.5. The molecule has 3 amide bonds. The van der Waals surface area contributed by atoms with Gasteiger partial charge in [-0.15, -0.1) is 0 Å². The first kappa shape index (κ1) is 35.1. The molecule has 50 heavy (non-hydrogen) atoms. The zero-order chi connectivity index (χ0) is 34.9. The Hall–Kier alpha value is -4.79. The van der Waals surface area contributed by atoms with E-state index >= 15 is 4.79 Å². The van der Waals surface area contributed by atoms with Gasteiger partial charge in [-0.1, -0.05) is 121 Å². The second-order valence-corrected chi connectivity index (χ2v) is 13.6. The molecule has 260 valence electrons. The van der Waals surface area contributed by atoms with E-state index in [0.29, 0.717) is 32.3 Å². The number of hydrogen-bond acceptors (Lipinski definition) is 5. The van der Waals surface area contributed by atoms with Gasteiger partial charge >= 0.3 is 0 Å². The lowest BCUT2D eigenvalue weighted by atomic mass is 9.71. The van der Waals surface area contributed by atoms with Crippen molar-refractivity contribution in [2.75, 3.05) is 13.7 Å². The predicted octanol–water partition coefficient (Wildman–Crippen LogP) is 5.58. The molecule has 1 unspecified atom stereocenters. The van der Waals surface area contributed by atoms with Crippen LogP contribution < -0.4 is 16.0 Å². The van der Waals surface area contributed by atoms with Crippen LogP contribution in [-0.2, 0) is 32.0 Å². The molecule has 0 aliphatic carbocycles. The number of ether oxygens (including phenoxy) is 1. The van der Waals surface area contributed by atoms with Crippen LogP contribution in [0.15, 0.2) is 121 Å². The van der Waals surface area contributed by atoms with Crippen molar-refractivity contribution in [2.24, 2.45) is 5.41 Å². The van der Waals surface area contributed by atoms with Crippen molar-refractivity contribution >= 4 is 17.7 Å². The summed E-state index contributed by atoms with van der Waals surface area (Å²) in [5.41, 5.74) is 3.64. The van der Waals surface area contributed by atoms with Crippen LogP contribution in [0.4, 0.5) is 0 Å². The molecular weight excluding hydrogens is 624 g/mol. The molecule has 0 saturated carbocycles. The van der Waals surface area contributed by atoms with Crippen LogP contribution in [-0.4, -0.2) is 60.6 Å². The monoisotopic (exact) mass is 672 g/mol. The number of fused-ring (bicyclic) bond motifs is 1. The molecule has 0 aromatic heterocycles. The largest absolute Gasteiger partial charge is 0.358 e. The lowest BCUT2D eigenvalue weighted by molar-refractivity contribution is -0.150. The normalized spacial score (nSPS) is 20.5. The smallest absolute Gasteiger partial charge is 0.247 e. The second-order valence-electron chi connectivity index (χ2n) is 13.6. The maximum absolute atomic E-state index is 15.2. The molecule has 2 heterocycles. The molecule has 8 nitrogen and oxygen atoms in total. The minimum atomic E-state index is -0.832. The van der Waals surface area contributed by atoms with E-state index in [-0.39, 0.29) is 17.7 Å². The molecule has 3 N–H and O–H groups in total. The van der Waals surface area contributed by atoms with Crippen molar-refractivity contribution in [3.05, 3.63) is 144 Å². The highest BCUT2D eigenvalue weighted by Gasteiger charge is 2.58. The number of aryl methyl sites for hydroxylation is 2. The SMILES string of the molecule is CN[C@@H](C)C(=O)N[C@H]1CCO[C@H]2CC(CCc3ccccc3)(CCc3ccccc3)C(C(=O)NC(c3ccccc3)c3ccccc3)N2C1=O. The number of carbonyl (C=O) groups is 3. The summed E-state index contributed by atoms with van der Waals surface area (Å²) in [5.74, 6) is -0.766. The van der Waals surface area contributed by atoms with Gasteiger partial charge in [0.2, 0.25) is 17.7 Å². The molecule has 2 aliphatic heterocycles. The maximum atomic E-state index is 15.2. The minimum Gasteiger partial charge on any atom is -0.358 e. The Kier molecular flexibility index (Phi) is 11.4. The van der Waals surface area contributed by atoms with Gasteiger partial charge in [0.15, 0.2) is 0 Å². The van der Waals surface area contributed by atoms with Crippen molar-refractivity contribution in [1.82, 2.24) is 20.9 Å². The topological polar surface area (TPSA) is 99.8 Å². The van der Waals surface area contributed by atoms with Gasteiger partial charge in [0.05, 0.1) is 18.7 Å². The third-order valence-corrected chi connectivity index (χ3v) is 10.5. The Balaban J connectivity index is 1.42. The molecule has 6 rings (SSSR count). The molecule has 0 radical (unpaired) electrons. The summed E-state index contributed by atoms with van der Waals surface area (Å²) >= 11 is 0. The first-order valence-electron chi connectivity index (χ1n) is 17.8. The molecule has 0 spiro atoms. The lowest BCUT2D eigenvalue weighted by Gasteiger charge is -2.39. The molecule has 4 aromatic rings. The Bertz CT molecular complexity index is 1620. The van der Waals surface area contributed by atoms with Gasteiger partial charge in [-0.25, -0.2) is 0 Å². The van der Waals surface area contributed by atoms with Gasteiger partial charge < -0.3 is 25.6 Å². The van der Waals surface area contributed by atoms with E-state index in [4.69, 9.17) is 4.74 Å². The summed E-state index contributed by atoms with van der Waals surface area (Å²) in [6, 6.07) is 37.9. The van der Waals surface area contributed by atoms with E-state index in [1.807, 2.05) is 97.1 Å². The summed E-state index contributed by atoms with van der Waals surface area (Å²) < 4.78 is 6.47. The number of amides is 3. The molecule has 0 bridgehead atoms. The Labute approximate surface area is 295 Å². The Morgan fingerprint density at radius 3 is 1.80 bits per heavy atom. The van der Waals surface area contributed by atoms with Crippen LogP contribution in [0.1, 0.15) is 60.9 Å². The summed E-state index contributed by atoms with van der Waals surface area (Å²) in [6.45, 7) is 2.05. The fraction of sp³-hybridized carbons (Fsp3) is 0.357. The minimum absolute atomic E-state index is 0.223. The number of nitrogens with zero attached hydrogens (tertiary/aromatic N) is 1. The van der Waals surface area contributed by atoms with E-state index in [2.05, 4.69) is 40.2 Å². The molecule has 8 heteroatoms. The lowest BCUT2D eigenvalue weighted by Crippen LogP contribution is -2.59. The van der Waals surface area contributed by atoms with Crippen molar-refractivity contribution in [3.63, 3.8) is 0 Å². The average Bonchev–Trinajstić information content (AvgIpc) is 3.42. The fourth-order valence-corrected chi connectivity index (χ4v) is 7.57. The number of nitrogens with one attached hydrogen (secondary N) is 3. The summed E-state index contributed by atoms with van der Waals surface area (Å²) in [6.07, 6.45) is 3.11. The van der Waals surface area contributed by atoms with Gasteiger partial charge in [-0.05, 0) is 61.9 Å². The number of hydrogen-bond donors (Lipinski definition) is 3. The van der Waals surface area contributed by atoms with Gasteiger partial charge in [0.25, 0.3) is 0 Å². The van der Waals surface area contributed by atoms with E-state index in [0.717, 1.165) is 24.0 Å². The molecule has 4 aromatic carbocycles. The molecule has 2 saturated heterocycles. The highest BCUT2D eigenvalue weighted by atomic mass is 16.5. The fourth-order valence-electron chi connectivity index (χ4n) is 7.57. The summed E-state index contributed by atoms with van der Waals surface area (Å²) in [7, 11) is 1.71. The highest BCUT2D eigenvalue weighted by molar-refractivity contribution is 5.94. The predicted molar refractivity (Wildman–Crippen MR) is 195 cm³/mol. The van der Waals surface area contributed by atoms with Gasteiger partial charge in [0.1, 0.15) is 18.3 Å². The number of carbonyl (C=O) groups excluding carboxylic acids is 3. The van der Waals surface area contributed by atoms with Crippen LogP contribution in [0.5, 0.6) is 0 Å². The van der Waals surface area contributed by atoms with E-state index < -0.39 is 35.8 Å². The third kappa shape index (κ3) is 7.98. The number of rotatable bonds is 13. The standard InChI is InChI=1S/C42H48N4O4/c1-30(43-2)39(47)44-35-25-28-50-36-29-42(26-23-31-15-7-3-8-16-31,27-24-32-17-9-4-10-18-32)38(46(36)41(35)49)40(48)45-37(33-19-11-5-12-20-33)34-21-13-6-14-22-34/h3-22,30,35-38,43H,23-29H2,1-2H3,(H,44,47)(H,45,48)/t30-,35-,36-,38?/m0/s1. The molecule has 2 fully saturated rings. The zero-order valence-electron chi connectivity index (χ0n) is 29.0. The van der Waals surface area contributed by atoms with E-state index in [1.165, 1.54) is 11.1 Å². The van der Waals surface area contributed by atoms with E-state index in [1.54, 1.807) is 18.9 Å². The van der Waals surface area contributed by atoms with Crippen molar-refractivity contribution < 1.29 is 19.1 Å². The van der Waals surface area contributed by atoms with Gasteiger partial charge in [0, 0.05) is 18.3 Å².